The first kappa shape index (κ1) is 9.26. The summed E-state index contributed by atoms with van der Waals surface area (Å²) in [5.41, 5.74) is 6.75. The molecule has 5 heteroatoms. The summed E-state index contributed by atoms with van der Waals surface area (Å²) in [4.78, 5) is 14.6. The zero-order valence-corrected chi connectivity index (χ0v) is 7.68. The van der Waals surface area contributed by atoms with E-state index >= 15 is 0 Å². The Kier molecular flexibility index (Phi) is 2.13. The van der Waals surface area contributed by atoms with Crippen LogP contribution in [0.3, 0.4) is 0 Å². The molecule has 0 bridgehead atoms. The van der Waals surface area contributed by atoms with Crippen molar-refractivity contribution >= 4 is 11.7 Å². The topological polar surface area (TPSA) is 89.4 Å². The summed E-state index contributed by atoms with van der Waals surface area (Å²) in [6.07, 6.45) is 2.93. The minimum Gasteiger partial charge on any atom is -0.478 e. The number of anilines is 1. The molecule has 3 N–H and O–H groups in total. The highest BCUT2D eigenvalue weighted by Crippen LogP contribution is 2.25. The number of aromatic carboxylic acids is 1. The molecule has 0 saturated carbocycles. The van der Waals surface area contributed by atoms with Gasteiger partial charge >= 0.3 is 5.97 Å². The van der Waals surface area contributed by atoms with E-state index in [4.69, 9.17) is 15.3 Å². The summed E-state index contributed by atoms with van der Waals surface area (Å²) in [5, 5.41) is 8.74. The minimum absolute atomic E-state index is 0.141. The van der Waals surface area contributed by atoms with Gasteiger partial charge < -0.3 is 15.3 Å². The van der Waals surface area contributed by atoms with Gasteiger partial charge in [0.15, 0.2) is 0 Å². The molecular weight excluding hydrogens is 196 g/mol. The van der Waals surface area contributed by atoms with Crippen molar-refractivity contribution in [1.29, 1.82) is 0 Å². The van der Waals surface area contributed by atoms with Gasteiger partial charge in [-0.2, -0.15) is 0 Å². The Morgan fingerprint density at radius 2 is 2.27 bits per heavy atom. The molecular formula is C10H8N2O3. The van der Waals surface area contributed by atoms with Crippen LogP contribution in [0.2, 0.25) is 0 Å². The van der Waals surface area contributed by atoms with Crippen LogP contribution in [0.4, 0.5) is 5.69 Å². The Balaban J connectivity index is 2.48. The quantitative estimate of drug-likeness (QED) is 0.725. The molecule has 0 atom stereocenters. The average Bonchev–Trinajstić information content (AvgIpc) is 2.70. The third kappa shape index (κ3) is 1.67. The van der Waals surface area contributed by atoms with E-state index in [0.29, 0.717) is 17.1 Å². The van der Waals surface area contributed by atoms with Crippen LogP contribution in [0.5, 0.6) is 0 Å². The smallest absolute Gasteiger partial charge is 0.335 e. The van der Waals surface area contributed by atoms with E-state index in [2.05, 4.69) is 4.98 Å². The van der Waals surface area contributed by atoms with Gasteiger partial charge in [0.2, 0.25) is 5.89 Å². The SMILES string of the molecule is Nc1cc(C(=O)O)ccc1-c1ncco1. The van der Waals surface area contributed by atoms with Crippen LogP contribution in [-0.4, -0.2) is 16.1 Å². The molecule has 15 heavy (non-hydrogen) atoms. The Bertz CT molecular complexity index is 491. The number of hydrogen-bond donors (Lipinski definition) is 2. The Morgan fingerprint density at radius 1 is 1.47 bits per heavy atom. The first-order valence-electron chi connectivity index (χ1n) is 4.21. The van der Waals surface area contributed by atoms with Crippen molar-refractivity contribution in [2.45, 2.75) is 0 Å². The largest absolute Gasteiger partial charge is 0.478 e. The standard InChI is InChI=1S/C10H8N2O3/c11-8-5-6(10(13)14)1-2-7(8)9-12-3-4-15-9/h1-5H,11H2,(H,13,14). The maximum absolute atomic E-state index is 10.7. The summed E-state index contributed by atoms with van der Waals surface area (Å²) in [7, 11) is 0. The highest BCUT2D eigenvalue weighted by molar-refractivity contribution is 5.90. The lowest BCUT2D eigenvalue weighted by molar-refractivity contribution is 0.0697. The van der Waals surface area contributed by atoms with Crippen LogP contribution < -0.4 is 5.73 Å². The maximum atomic E-state index is 10.7. The van der Waals surface area contributed by atoms with Crippen molar-refractivity contribution in [3.05, 3.63) is 36.2 Å². The van der Waals surface area contributed by atoms with Crippen LogP contribution in [0, 0.1) is 0 Å². The van der Waals surface area contributed by atoms with Gasteiger partial charge in [-0.25, -0.2) is 9.78 Å². The van der Waals surface area contributed by atoms with Gasteiger partial charge in [-0.15, -0.1) is 0 Å². The van der Waals surface area contributed by atoms with Gasteiger partial charge in [0.25, 0.3) is 0 Å². The zero-order chi connectivity index (χ0) is 10.8. The van der Waals surface area contributed by atoms with Crippen LogP contribution >= 0.6 is 0 Å². The molecule has 0 spiro atoms. The third-order valence-corrected chi connectivity index (χ3v) is 1.96. The second-order valence-corrected chi connectivity index (χ2v) is 2.94. The predicted molar refractivity (Wildman–Crippen MR) is 53.3 cm³/mol. The molecule has 0 saturated heterocycles. The van der Waals surface area contributed by atoms with Gasteiger partial charge in [-0.3, -0.25) is 0 Å². The molecule has 2 rings (SSSR count). The molecule has 1 heterocycles. The number of aromatic nitrogens is 1. The van der Waals surface area contributed by atoms with Crippen molar-refractivity contribution < 1.29 is 14.3 Å². The Labute approximate surface area is 85.2 Å². The number of oxazole rings is 1. The van der Waals surface area contributed by atoms with E-state index in [0.717, 1.165) is 0 Å². The van der Waals surface area contributed by atoms with E-state index in [1.807, 2.05) is 0 Å². The summed E-state index contributed by atoms with van der Waals surface area (Å²) in [6.45, 7) is 0. The van der Waals surface area contributed by atoms with Gasteiger partial charge in [-0.05, 0) is 18.2 Å². The number of carboxylic acid groups (broad SMARTS) is 1. The Hall–Kier alpha value is -2.30. The fraction of sp³-hybridized carbons (Fsp3) is 0. The van der Waals surface area contributed by atoms with E-state index in [-0.39, 0.29) is 5.56 Å². The number of carboxylic acids is 1. The van der Waals surface area contributed by atoms with E-state index in [1.54, 1.807) is 6.07 Å². The summed E-state index contributed by atoms with van der Waals surface area (Å²) < 4.78 is 5.06. The van der Waals surface area contributed by atoms with Crippen LogP contribution in [0.1, 0.15) is 10.4 Å². The molecule has 0 aliphatic carbocycles. The number of nitrogen functional groups attached to an aromatic ring is 1. The van der Waals surface area contributed by atoms with E-state index in [9.17, 15) is 4.79 Å². The normalized spacial score (nSPS) is 10.1. The molecule has 76 valence electrons. The van der Waals surface area contributed by atoms with Crippen LogP contribution in [0.15, 0.2) is 35.1 Å². The second-order valence-electron chi connectivity index (χ2n) is 2.94. The van der Waals surface area contributed by atoms with Gasteiger partial charge in [-0.1, -0.05) is 0 Å². The first-order valence-corrected chi connectivity index (χ1v) is 4.21. The zero-order valence-electron chi connectivity index (χ0n) is 7.68. The van der Waals surface area contributed by atoms with E-state index in [1.165, 1.54) is 24.6 Å². The van der Waals surface area contributed by atoms with Gasteiger partial charge in [0, 0.05) is 5.69 Å². The molecule has 1 aromatic carbocycles. The van der Waals surface area contributed by atoms with Crippen molar-refractivity contribution in [3.8, 4) is 11.5 Å². The third-order valence-electron chi connectivity index (χ3n) is 1.96. The maximum Gasteiger partial charge on any atom is 0.335 e. The van der Waals surface area contributed by atoms with Crippen molar-refractivity contribution in [3.63, 3.8) is 0 Å². The van der Waals surface area contributed by atoms with E-state index < -0.39 is 5.97 Å². The van der Waals surface area contributed by atoms with Crippen LogP contribution in [-0.2, 0) is 0 Å². The molecule has 1 aromatic heterocycles. The lowest BCUT2D eigenvalue weighted by Crippen LogP contribution is -1.99. The number of nitrogens with zero attached hydrogens (tertiary/aromatic N) is 1. The fourth-order valence-electron chi connectivity index (χ4n) is 1.25. The molecule has 2 aromatic rings. The van der Waals surface area contributed by atoms with Crippen molar-refractivity contribution in [1.82, 2.24) is 4.98 Å². The molecule has 5 nitrogen and oxygen atoms in total. The van der Waals surface area contributed by atoms with Crippen molar-refractivity contribution in [2.24, 2.45) is 0 Å². The van der Waals surface area contributed by atoms with Gasteiger partial charge in [0.1, 0.15) is 6.26 Å². The average molecular weight is 204 g/mol. The lowest BCUT2D eigenvalue weighted by atomic mass is 10.1. The number of carbonyl (C=O) groups is 1. The lowest BCUT2D eigenvalue weighted by Gasteiger charge is -2.02. The summed E-state index contributed by atoms with van der Waals surface area (Å²) >= 11 is 0. The van der Waals surface area contributed by atoms with Gasteiger partial charge in [0.05, 0.1) is 17.3 Å². The number of nitrogens with two attached hydrogens (primary N) is 1. The molecule has 0 aliphatic rings. The second kappa shape index (κ2) is 3.45. The molecule has 0 fully saturated rings. The van der Waals surface area contributed by atoms with Crippen LogP contribution in [0.25, 0.3) is 11.5 Å². The van der Waals surface area contributed by atoms with Crippen molar-refractivity contribution in [2.75, 3.05) is 5.73 Å². The summed E-state index contributed by atoms with van der Waals surface area (Å²) in [6, 6.07) is 4.41. The molecule has 0 aliphatic heterocycles. The fourth-order valence-corrected chi connectivity index (χ4v) is 1.25. The highest BCUT2D eigenvalue weighted by Gasteiger charge is 2.10. The molecule has 0 unspecified atom stereocenters. The number of benzene rings is 1. The predicted octanol–water partition coefficient (Wildman–Crippen LogP) is 1.62. The first-order chi connectivity index (χ1) is 7.18. The highest BCUT2D eigenvalue weighted by atomic mass is 16.4. The minimum atomic E-state index is -1.01. The number of hydrogen-bond acceptors (Lipinski definition) is 4. The monoisotopic (exact) mass is 204 g/mol. The Morgan fingerprint density at radius 3 is 2.80 bits per heavy atom. The molecule has 0 radical (unpaired) electrons. The molecule has 0 amide bonds. The number of rotatable bonds is 2. The summed E-state index contributed by atoms with van der Waals surface area (Å²) in [5.74, 6) is -0.634.